The molecule has 0 bridgehead atoms. The Morgan fingerprint density at radius 3 is 2.38 bits per heavy atom. The molecule has 0 aliphatic rings. The molecule has 0 amide bonds. The number of aromatic nitrogens is 1. The highest BCUT2D eigenvalue weighted by molar-refractivity contribution is 7.11. The molecule has 1 aromatic carbocycles. The second-order valence-electron chi connectivity index (χ2n) is 5.08. The van der Waals surface area contributed by atoms with E-state index in [0.29, 0.717) is 10.6 Å². The van der Waals surface area contributed by atoms with E-state index in [-0.39, 0.29) is 17.1 Å². The van der Waals surface area contributed by atoms with Crippen LogP contribution in [0.15, 0.2) is 12.1 Å². The van der Waals surface area contributed by atoms with Crippen LogP contribution in [0, 0.1) is 19.7 Å². The third-order valence-electron chi connectivity index (χ3n) is 3.34. The lowest BCUT2D eigenvalue weighted by molar-refractivity contribution is 0.495. The molecule has 0 saturated carbocycles. The summed E-state index contributed by atoms with van der Waals surface area (Å²) in [6, 6.07) is 2.85. The van der Waals surface area contributed by atoms with Gasteiger partial charge in [0.25, 0.3) is 0 Å². The van der Waals surface area contributed by atoms with Crippen molar-refractivity contribution < 1.29 is 4.39 Å². The lowest BCUT2D eigenvalue weighted by Gasteiger charge is -2.21. The number of hydrogen-bond donors (Lipinski definition) is 1. The second-order valence-corrected chi connectivity index (χ2v) is 7.13. The Balaban J connectivity index is 2.20. The highest BCUT2D eigenvalue weighted by Gasteiger charge is 2.18. The quantitative estimate of drug-likeness (QED) is 0.727. The molecule has 0 aliphatic heterocycles. The third kappa shape index (κ3) is 3.75. The lowest BCUT2D eigenvalue weighted by atomic mass is 10.1. The Labute approximate surface area is 138 Å². The van der Waals surface area contributed by atoms with Crippen molar-refractivity contribution in [3.05, 3.63) is 49.1 Å². The summed E-state index contributed by atoms with van der Waals surface area (Å²) in [6.07, 6.45) is 0. The normalized spacial score (nSPS) is 14.2. The summed E-state index contributed by atoms with van der Waals surface area (Å²) < 4.78 is 13.6. The first-order valence-electron chi connectivity index (χ1n) is 6.64. The third-order valence-corrected chi connectivity index (χ3v) is 5.21. The molecule has 2 rings (SSSR count). The number of nitrogens with zero attached hydrogens (tertiary/aromatic N) is 1. The van der Waals surface area contributed by atoms with Crippen molar-refractivity contribution in [1.29, 1.82) is 0 Å². The Morgan fingerprint density at radius 1 is 1.14 bits per heavy atom. The molecule has 0 radical (unpaired) electrons. The van der Waals surface area contributed by atoms with E-state index in [4.69, 9.17) is 23.2 Å². The van der Waals surface area contributed by atoms with Crippen LogP contribution in [0.5, 0.6) is 0 Å². The van der Waals surface area contributed by atoms with Crippen molar-refractivity contribution >= 4 is 34.5 Å². The Kier molecular flexibility index (Phi) is 5.25. The Bertz CT molecular complexity index is 657. The van der Waals surface area contributed by atoms with E-state index in [9.17, 15) is 4.39 Å². The number of aryl methyl sites for hydroxylation is 2. The summed E-state index contributed by atoms with van der Waals surface area (Å²) >= 11 is 13.6. The first kappa shape index (κ1) is 16.7. The molecule has 6 heteroatoms. The second kappa shape index (κ2) is 6.61. The van der Waals surface area contributed by atoms with Crippen molar-refractivity contribution in [3.63, 3.8) is 0 Å². The van der Waals surface area contributed by atoms with E-state index in [1.54, 1.807) is 11.3 Å². The summed E-state index contributed by atoms with van der Waals surface area (Å²) in [5, 5.41) is 4.97. The molecule has 0 spiro atoms. The van der Waals surface area contributed by atoms with Gasteiger partial charge in [-0.05, 0) is 45.4 Å². The van der Waals surface area contributed by atoms with Crippen LogP contribution in [0.2, 0.25) is 10.0 Å². The van der Waals surface area contributed by atoms with Gasteiger partial charge in [-0.25, -0.2) is 9.37 Å². The highest BCUT2D eigenvalue weighted by atomic mass is 35.5. The molecule has 114 valence electrons. The summed E-state index contributed by atoms with van der Waals surface area (Å²) in [7, 11) is 0. The first-order chi connectivity index (χ1) is 9.79. The summed E-state index contributed by atoms with van der Waals surface area (Å²) in [5.41, 5.74) is 1.72. The number of nitrogens with one attached hydrogen (secondary N) is 1. The maximum absolute atomic E-state index is 13.6. The predicted molar refractivity (Wildman–Crippen MR) is 88.0 cm³/mol. The van der Waals surface area contributed by atoms with Crippen LogP contribution in [-0.4, -0.2) is 4.98 Å². The molecule has 2 nitrogen and oxygen atoms in total. The fraction of sp³-hybridized carbons (Fsp3) is 0.400. The molecule has 0 aliphatic carbocycles. The van der Waals surface area contributed by atoms with Crippen molar-refractivity contribution in [2.75, 3.05) is 0 Å². The van der Waals surface area contributed by atoms with Crippen LogP contribution in [-0.2, 0) is 0 Å². The minimum atomic E-state index is -0.456. The van der Waals surface area contributed by atoms with E-state index in [1.165, 1.54) is 17.0 Å². The standard InChI is InChI=1S/C15H17Cl2FN2S/c1-7(11-5-14(18)13(17)6-12(11)16)19-8(2)15-9(3)20-10(4)21-15/h5-8,19H,1-4H3. The van der Waals surface area contributed by atoms with Gasteiger partial charge < -0.3 is 5.32 Å². The number of rotatable bonds is 4. The Hall–Kier alpha value is -0.680. The molecule has 0 saturated heterocycles. The minimum absolute atomic E-state index is 0.0397. The van der Waals surface area contributed by atoms with Gasteiger partial charge in [-0.1, -0.05) is 23.2 Å². The topological polar surface area (TPSA) is 24.9 Å². The van der Waals surface area contributed by atoms with E-state index >= 15 is 0 Å². The van der Waals surface area contributed by atoms with Crippen molar-refractivity contribution in [2.45, 2.75) is 39.8 Å². The number of halogens is 3. The number of hydrogen-bond acceptors (Lipinski definition) is 3. The first-order valence-corrected chi connectivity index (χ1v) is 8.21. The van der Waals surface area contributed by atoms with E-state index in [2.05, 4.69) is 17.2 Å². The number of thiazole rings is 1. The maximum atomic E-state index is 13.6. The summed E-state index contributed by atoms with van der Waals surface area (Å²) in [6.45, 7) is 8.00. The molecular weight excluding hydrogens is 330 g/mol. The molecular formula is C15H17Cl2FN2S. The molecule has 2 aromatic rings. The molecule has 1 N–H and O–H groups in total. The van der Waals surface area contributed by atoms with E-state index in [0.717, 1.165) is 10.7 Å². The number of benzene rings is 1. The molecule has 1 heterocycles. The maximum Gasteiger partial charge on any atom is 0.142 e. The zero-order valence-corrected chi connectivity index (χ0v) is 14.6. The van der Waals surface area contributed by atoms with Crippen molar-refractivity contribution in [2.24, 2.45) is 0 Å². The van der Waals surface area contributed by atoms with Gasteiger partial charge in [-0.3, -0.25) is 0 Å². The molecule has 21 heavy (non-hydrogen) atoms. The van der Waals surface area contributed by atoms with E-state index < -0.39 is 5.82 Å². The van der Waals surface area contributed by atoms with Gasteiger partial charge in [-0.15, -0.1) is 11.3 Å². The monoisotopic (exact) mass is 346 g/mol. The average Bonchev–Trinajstić information content (AvgIpc) is 2.72. The smallest absolute Gasteiger partial charge is 0.142 e. The van der Waals surface area contributed by atoms with Crippen LogP contribution < -0.4 is 5.32 Å². The van der Waals surface area contributed by atoms with Gasteiger partial charge in [0.2, 0.25) is 0 Å². The molecule has 0 fully saturated rings. The SMILES string of the molecule is Cc1nc(C)c(C(C)NC(C)c2cc(F)c(Cl)cc2Cl)s1. The van der Waals surface area contributed by atoms with Gasteiger partial charge in [0.1, 0.15) is 5.82 Å². The van der Waals surface area contributed by atoms with Crippen LogP contribution in [0.25, 0.3) is 0 Å². The van der Waals surface area contributed by atoms with Crippen molar-refractivity contribution in [3.8, 4) is 0 Å². The fourth-order valence-electron chi connectivity index (χ4n) is 2.36. The molecule has 2 unspecified atom stereocenters. The Morgan fingerprint density at radius 2 is 1.81 bits per heavy atom. The van der Waals surface area contributed by atoms with Gasteiger partial charge in [-0.2, -0.15) is 0 Å². The van der Waals surface area contributed by atoms with Gasteiger partial charge in [0, 0.05) is 22.0 Å². The van der Waals surface area contributed by atoms with Crippen LogP contribution in [0.1, 0.15) is 47.1 Å². The van der Waals surface area contributed by atoms with Gasteiger partial charge >= 0.3 is 0 Å². The van der Waals surface area contributed by atoms with Crippen LogP contribution in [0.3, 0.4) is 0 Å². The van der Waals surface area contributed by atoms with Crippen molar-refractivity contribution in [1.82, 2.24) is 10.3 Å². The summed E-state index contributed by atoms with van der Waals surface area (Å²) in [5.74, 6) is -0.456. The van der Waals surface area contributed by atoms with Gasteiger partial charge in [0.15, 0.2) is 0 Å². The van der Waals surface area contributed by atoms with Crippen LogP contribution in [0.4, 0.5) is 4.39 Å². The average molecular weight is 347 g/mol. The van der Waals surface area contributed by atoms with Gasteiger partial charge in [0.05, 0.1) is 15.7 Å². The minimum Gasteiger partial charge on any atom is -0.303 e. The highest BCUT2D eigenvalue weighted by Crippen LogP contribution is 2.31. The zero-order chi connectivity index (χ0) is 15.7. The molecule has 2 atom stereocenters. The largest absolute Gasteiger partial charge is 0.303 e. The lowest BCUT2D eigenvalue weighted by Crippen LogP contribution is -2.22. The van der Waals surface area contributed by atoms with Crippen LogP contribution >= 0.6 is 34.5 Å². The molecule has 1 aromatic heterocycles. The van der Waals surface area contributed by atoms with E-state index in [1.807, 2.05) is 20.8 Å². The summed E-state index contributed by atoms with van der Waals surface area (Å²) in [4.78, 5) is 5.62. The fourth-order valence-corrected chi connectivity index (χ4v) is 3.84. The predicted octanol–water partition coefficient (Wildman–Crippen LogP) is 5.62. The zero-order valence-electron chi connectivity index (χ0n) is 12.3.